The zero-order valence-electron chi connectivity index (χ0n) is 10.4. The second kappa shape index (κ2) is 6.26. The first kappa shape index (κ1) is 13.5. The normalized spacial score (nSPS) is 17.8. The average Bonchev–Trinajstić information content (AvgIpc) is 2.41. The van der Waals surface area contributed by atoms with Crippen LogP contribution in [0.4, 0.5) is 0 Å². The Balaban J connectivity index is 1.82. The second-order valence-corrected chi connectivity index (χ2v) is 6.22. The Morgan fingerprint density at radius 1 is 1.17 bits per heavy atom. The van der Waals surface area contributed by atoms with Crippen molar-refractivity contribution in [3.05, 3.63) is 30.1 Å². The van der Waals surface area contributed by atoms with Crippen LogP contribution in [0, 0.1) is 0 Å². The molecule has 0 unspecified atom stereocenters. The Kier molecular flexibility index (Phi) is 4.68. The van der Waals surface area contributed by atoms with Gasteiger partial charge in [-0.15, -0.1) is 0 Å². The van der Waals surface area contributed by atoms with E-state index < -0.39 is 10.2 Å². The minimum absolute atomic E-state index is 0.433. The molecule has 0 atom stereocenters. The van der Waals surface area contributed by atoms with E-state index in [1.54, 1.807) is 16.7 Å². The third-order valence-electron chi connectivity index (χ3n) is 3.10. The lowest BCUT2D eigenvalue weighted by atomic mass is 10.2. The molecule has 5 nitrogen and oxygen atoms in total. The van der Waals surface area contributed by atoms with Crippen LogP contribution in [-0.2, 0) is 16.6 Å². The summed E-state index contributed by atoms with van der Waals surface area (Å²) < 4.78 is 28.2. The van der Waals surface area contributed by atoms with Crippen LogP contribution in [0.1, 0.15) is 24.8 Å². The van der Waals surface area contributed by atoms with Crippen molar-refractivity contribution in [3.63, 3.8) is 0 Å². The number of aromatic nitrogens is 1. The van der Waals surface area contributed by atoms with Crippen molar-refractivity contribution >= 4 is 10.2 Å². The van der Waals surface area contributed by atoms with Crippen LogP contribution in [-0.4, -0.2) is 37.3 Å². The molecule has 0 spiro atoms. The van der Waals surface area contributed by atoms with Crippen LogP contribution in [0.3, 0.4) is 0 Å². The fraction of sp³-hybridized carbons (Fsp3) is 0.583. The molecule has 100 valence electrons. The monoisotopic (exact) mass is 269 g/mol. The summed E-state index contributed by atoms with van der Waals surface area (Å²) in [6.45, 7) is 1.72. The minimum Gasteiger partial charge on any atom is -0.265 e. The largest absolute Gasteiger partial charge is 0.279 e. The summed E-state index contributed by atoms with van der Waals surface area (Å²) in [4.78, 5) is 3.93. The van der Waals surface area contributed by atoms with E-state index in [1.165, 1.54) is 0 Å². The lowest BCUT2D eigenvalue weighted by molar-refractivity contribution is 0.342. The van der Waals surface area contributed by atoms with Gasteiger partial charge >= 0.3 is 0 Å². The lowest BCUT2D eigenvalue weighted by Crippen LogP contribution is -2.43. The summed E-state index contributed by atoms with van der Waals surface area (Å²) in [5.74, 6) is 0. The van der Waals surface area contributed by atoms with Gasteiger partial charge in [0.1, 0.15) is 0 Å². The zero-order valence-corrected chi connectivity index (χ0v) is 11.2. The first-order valence-electron chi connectivity index (χ1n) is 6.32. The Hall–Kier alpha value is -0.980. The zero-order chi connectivity index (χ0) is 12.8. The highest BCUT2D eigenvalue weighted by atomic mass is 32.2. The van der Waals surface area contributed by atoms with Crippen LogP contribution in [0.25, 0.3) is 0 Å². The SMILES string of the molecule is O=S(=O)(NCCc1ccncc1)N1CCCCC1. The highest BCUT2D eigenvalue weighted by Gasteiger charge is 2.22. The van der Waals surface area contributed by atoms with E-state index in [4.69, 9.17) is 0 Å². The summed E-state index contributed by atoms with van der Waals surface area (Å²) in [5.41, 5.74) is 1.09. The van der Waals surface area contributed by atoms with E-state index in [2.05, 4.69) is 9.71 Å². The van der Waals surface area contributed by atoms with Gasteiger partial charge < -0.3 is 0 Å². The number of rotatable bonds is 5. The number of hydrogen-bond acceptors (Lipinski definition) is 3. The van der Waals surface area contributed by atoms with Crippen molar-refractivity contribution in [3.8, 4) is 0 Å². The maximum absolute atomic E-state index is 12.0. The molecule has 1 N–H and O–H groups in total. The van der Waals surface area contributed by atoms with Crippen molar-refractivity contribution in [2.45, 2.75) is 25.7 Å². The third kappa shape index (κ3) is 3.76. The topological polar surface area (TPSA) is 62.3 Å². The predicted molar refractivity (Wildman–Crippen MR) is 70.3 cm³/mol. The molecule has 2 rings (SSSR count). The van der Waals surface area contributed by atoms with E-state index in [9.17, 15) is 8.42 Å². The molecule has 1 aromatic rings. The molecule has 0 radical (unpaired) electrons. The highest BCUT2D eigenvalue weighted by molar-refractivity contribution is 7.87. The van der Waals surface area contributed by atoms with Crippen LogP contribution in [0.15, 0.2) is 24.5 Å². The quantitative estimate of drug-likeness (QED) is 0.865. The van der Waals surface area contributed by atoms with Gasteiger partial charge in [0.2, 0.25) is 0 Å². The summed E-state index contributed by atoms with van der Waals surface area (Å²) in [7, 11) is -3.29. The van der Waals surface area contributed by atoms with Gasteiger partial charge in [-0.1, -0.05) is 6.42 Å². The van der Waals surface area contributed by atoms with E-state index in [0.717, 1.165) is 24.8 Å². The third-order valence-corrected chi connectivity index (χ3v) is 4.72. The highest BCUT2D eigenvalue weighted by Crippen LogP contribution is 2.11. The van der Waals surface area contributed by atoms with Gasteiger partial charge in [0, 0.05) is 32.0 Å². The first-order valence-corrected chi connectivity index (χ1v) is 7.76. The maximum Gasteiger partial charge on any atom is 0.279 e. The number of nitrogens with zero attached hydrogens (tertiary/aromatic N) is 2. The maximum atomic E-state index is 12.0. The van der Waals surface area contributed by atoms with Crippen LogP contribution in [0.5, 0.6) is 0 Å². The van der Waals surface area contributed by atoms with Gasteiger partial charge in [-0.3, -0.25) is 4.98 Å². The molecule has 0 aliphatic carbocycles. The van der Waals surface area contributed by atoms with Gasteiger partial charge in [-0.05, 0) is 37.0 Å². The van der Waals surface area contributed by atoms with E-state index >= 15 is 0 Å². The van der Waals surface area contributed by atoms with Crippen molar-refractivity contribution in [1.29, 1.82) is 0 Å². The molecule has 1 aromatic heterocycles. The molecule has 1 aliphatic rings. The van der Waals surface area contributed by atoms with Gasteiger partial charge in [-0.2, -0.15) is 12.7 Å². The van der Waals surface area contributed by atoms with E-state index in [1.807, 2.05) is 12.1 Å². The Bertz CT molecular complexity index is 455. The second-order valence-electron chi connectivity index (χ2n) is 4.46. The van der Waals surface area contributed by atoms with Gasteiger partial charge in [0.05, 0.1) is 0 Å². The molecule has 1 saturated heterocycles. The molecule has 0 saturated carbocycles. The average molecular weight is 269 g/mol. The standard InChI is InChI=1S/C12H19N3O2S/c16-18(17,15-10-2-1-3-11-15)14-9-6-12-4-7-13-8-5-12/h4-5,7-8,14H,1-3,6,9-11H2. The first-order chi connectivity index (χ1) is 8.68. The van der Waals surface area contributed by atoms with Crippen molar-refractivity contribution in [2.75, 3.05) is 19.6 Å². The molecular weight excluding hydrogens is 250 g/mol. The molecule has 18 heavy (non-hydrogen) atoms. The number of pyridine rings is 1. The van der Waals surface area contributed by atoms with Crippen molar-refractivity contribution in [1.82, 2.24) is 14.0 Å². The smallest absolute Gasteiger partial charge is 0.265 e. The molecule has 0 aromatic carbocycles. The van der Waals surface area contributed by atoms with E-state index in [0.29, 0.717) is 26.1 Å². The van der Waals surface area contributed by atoms with Crippen LogP contribution < -0.4 is 4.72 Å². The van der Waals surface area contributed by atoms with Crippen molar-refractivity contribution < 1.29 is 8.42 Å². The van der Waals surface area contributed by atoms with Gasteiger partial charge in [0.25, 0.3) is 10.2 Å². The number of piperidine rings is 1. The Morgan fingerprint density at radius 2 is 1.83 bits per heavy atom. The summed E-state index contributed by atoms with van der Waals surface area (Å²) >= 11 is 0. The van der Waals surface area contributed by atoms with Crippen LogP contribution in [0.2, 0.25) is 0 Å². The molecule has 6 heteroatoms. The predicted octanol–water partition coefficient (Wildman–Crippen LogP) is 0.944. The van der Waals surface area contributed by atoms with Crippen LogP contribution >= 0.6 is 0 Å². The minimum atomic E-state index is -3.29. The summed E-state index contributed by atoms with van der Waals surface area (Å²) in [5, 5.41) is 0. The summed E-state index contributed by atoms with van der Waals surface area (Å²) in [6, 6.07) is 3.80. The van der Waals surface area contributed by atoms with Gasteiger partial charge in [0.15, 0.2) is 0 Å². The molecule has 0 amide bonds. The molecular formula is C12H19N3O2S. The lowest BCUT2D eigenvalue weighted by Gasteiger charge is -2.25. The Morgan fingerprint density at radius 3 is 2.50 bits per heavy atom. The van der Waals surface area contributed by atoms with E-state index in [-0.39, 0.29) is 0 Å². The summed E-state index contributed by atoms with van der Waals surface area (Å²) in [6.07, 6.45) is 7.18. The number of nitrogens with one attached hydrogen (secondary N) is 1. The molecule has 1 aliphatic heterocycles. The fourth-order valence-electron chi connectivity index (χ4n) is 2.07. The van der Waals surface area contributed by atoms with Gasteiger partial charge in [-0.25, -0.2) is 4.72 Å². The number of hydrogen-bond donors (Lipinski definition) is 1. The molecule has 2 heterocycles. The fourth-order valence-corrected chi connectivity index (χ4v) is 3.35. The van der Waals surface area contributed by atoms with Crippen molar-refractivity contribution in [2.24, 2.45) is 0 Å². The Labute approximate surface area is 108 Å². The molecule has 0 bridgehead atoms. The molecule has 1 fully saturated rings.